The highest BCUT2D eigenvalue weighted by molar-refractivity contribution is 5.97. The monoisotopic (exact) mass is 421 g/mol. The van der Waals surface area contributed by atoms with Crippen molar-refractivity contribution in [2.24, 2.45) is 0 Å². The van der Waals surface area contributed by atoms with Crippen molar-refractivity contribution in [1.82, 2.24) is 25.6 Å². The number of urea groups is 1. The fourth-order valence-corrected chi connectivity index (χ4v) is 3.62. The minimum absolute atomic E-state index is 0.101. The minimum atomic E-state index is -0.668. The Hall–Kier alpha value is -3.75. The molecule has 0 bridgehead atoms. The smallest absolute Gasteiger partial charge is 0.338 e. The van der Waals surface area contributed by atoms with Crippen LogP contribution in [0.1, 0.15) is 41.6 Å². The topological polar surface area (TPSA) is 115 Å². The fraction of sp³-hybridized carbons (Fsp3) is 0.318. The Balaban J connectivity index is 1.26. The first-order chi connectivity index (χ1) is 15.1. The number of hydrogen-bond donors (Lipinski definition) is 2. The molecule has 0 atom stereocenters. The SMILES string of the molecule is O=C(COC(=O)c1ccc(Cn2nnc3ccccc32)cc1)NC(=O)NC1CCCC1. The number of carbonyl (C=O) groups is 3. The van der Waals surface area contributed by atoms with E-state index in [-0.39, 0.29) is 6.04 Å². The molecule has 0 aliphatic heterocycles. The Labute approximate surface area is 178 Å². The van der Waals surface area contributed by atoms with Gasteiger partial charge in [0, 0.05) is 6.04 Å². The summed E-state index contributed by atoms with van der Waals surface area (Å²) in [7, 11) is 0. The summed E-state index contributed by atoms with van der Waals surface area (Å²) in [5.74, 6) is -1.30. The average Bonchev–Trinajstić information content (AvgIpc) is 3.43. The normalized spacial score (nSPS) is 13.8. The van der Waals surface area contributed by atoms with Crippen molar-refractivity contribution >= 4 is 28.9 Å². The van der Waals surface area contributed by atoms with Crippen LogP contribution >= 0.6 is 0 Å². The molecule has 0 radical (unpaired) electrons. The highest BCUT2D eigenvalue weighted by atomic mass is 16.5. The van der Waals surface area contributed by atoms with Gasteiger partial charge in [0.15, 0.2) is 6.61 Å². The second kappa shape index (κ2) is 9.38. The molecule has 3 amide bonds. The summed E-state index contributed by atoms with van der Waals surface area (Å²) < 4.78 is 6.79. The van der Waals surface area contributed by atoms with Crippen molar-refractivity contribution in [2.75, 3.05) is 6.61 Å². The predicted molar refractivity (Wildman–Crippen MR) is 112 cm³/mol. The van der Waals surface area contributed by atoms with Gasteiger partial charge in [-0.2, -0.15) is 0 Å². The minimum Gasteiger partial charge on any atom is -0.452 e. The fourth-order valence-electron chi connectivity index (χ4n) is 3.62. The van der Waals surface area contributed by atoms with E-state index in [1.807, 2.05) is 24.3 Å². The average molecular weight is 421 g/mol. The molecule has 31 heavy (non-hydrogen) atoms. The van der Waals surface area contributed by atoms with E-state index in [0.717, 1.165) is 42.3 Å². The van der Waals surface area contributed by atoms with Crippen LogP contribution < -0.4 is 10.6 Å². The van der Waals surface area contributed by atoms with E-state index in [4.69, 9.17) is 4.74 Å². The van der Waals surface area contributed by atoms with E-state index < -0.39 is 24.5 Å². The largest absolute Gasteiger partial charge is 0.452 e. The number of amides is 3. The van der Waals surface area contributed by atoms with Crippen molar-refractivity contribution in [3.05, 3.63) is 59.7 Å². The van der Waals surface area contributed by atoms with Crippen LogP contribution in [-0.2, 0) is 16.1 Å². The van der Waals surface area contributed by atoms with Gasteiger partial charge in [-0.25, -0.2) is 14.3 Å². The summed E-state index contributed by atoms with van der Waals surface area (Å²) >= 11 is 0. The van der Waals surface area contributed by atoms with Crippen molar-refractivity contribution < 1.29 is 19.1 Å². The van der Waals surface area contributed by atoms with Gasteiger partial charge in [0.1, 0.15) is 5.52 Å². The summed E-state index contributed by atoms with van der Waals surface area (Å²) in [4.78, 5) is 35.8. The first-order valence-electron chi connectivity index (χ1n) is 10.2. The van der Waals surface area contributed by atoms with Crippen LogP contribution in [0.15, 0.2) is 48.5 Å². The number of ether oxygens (including phenoxy) is 1. The summed E-state index contributed by atoms with van der Waals surface area (Å²) in [6.07, 6.45) is 3.98. The maximum Gasteiger partial charge on any atom is 0.338 e. The molecule has 2 N–H and O–H groups in total. The Morgan fingerprint density at radius 3 is 2.55 bits per heavy atom. The molecule has 9 heteroatoms. The molecule has 9 nitrogen and oxygen atoms in total. The molecular weight excluding hydrogens is 398 g/mol. The third-order valence-electron chi connectivity index (χ3n) is 5.22. The van der Waals surface area contributed by atoms with Crippen LogP contribution in [0.5, 0.6) is 0 Å². The molecule has 3 aromatic rings. The van der Waals surface area contributed by atoms with Gasteiger partial charge in [0.05, 0.1) is 17.6 Å². The van der Waals surface area contributed by atoms with Gasteiger partial charge in [-0.05, 0) is 42.7 Å². The van der Waals surface area contributed by atoms with E-state index in [1.165, 1.54) is 0 Å². The summed E-state index contributed by atoms with van der Waals surface area (Å²) in [6, 6.07) is 14.1. The van der Waals surface area contributed by atoms with Gasteiger partial charge >= 0.3 is 12.0 Å². The third-order valence-corrected chi connectivity index (χ3v) is 5.22. The Bertz CT molecular complexity index is 1090. The molecular formula is C22H23N5O4. The molecule has 160 valence electrons. The first kappa shape index (κ1) is 20.5. The van der Waals surface area contributed by atoms with Gasteiger partial charge in [-0.15, -0.1) is 5.10 Å². The molecule has 0 spiro atoms. The van der Waals surface area contributed by atoms with Crippen LogP contribution in [-0.4, -0.2) is 45.6 Å². The predicted octanol–water partition coefficient (Wildman–Crippen LogP) is 2.40. The Morgan fingerprint density at radius 1 is 1.03 bits per heavy atom. The molecule has 0 saturated heterocycles. The van der Waals surface area contributed by atoms with Gasteiger partial charge in [0.25, 0.3) is 5.91 Å². The second-order valence-electron chi connectivity index (χ2n) is 7.51. The number of esters is 1. The molecule has 2 aromatic carbocycles. The number of imide groups is 1. The van der Waals surface area contributed by atoms with E-state index in [1.54, 1.807) is 28.9 Å². The molecule has 1 fully saturated rings. The maximum atomic E-state index is 12.2. The highest BCUT2D eigenvalue weighted by Gasteiger charge is 2.19. The zero-order valence-corrected chi connectivity index (χ0v) is 16.9. The number of fused-ring (bicyclic) bond motifs is 1. The lowest BCUT2D eigenvalue weighted by molar-refractivity contribution is -0.123. The number of aromatic nitrogens is 3. The van der Waals surface area contributed by atoms with Crippen molar-refractivity contribution in [3.8, 4) is 0 Å². The number of nitrogens with zero attached hydrogens (tertiary/aromatic N) is 3. The van der Waals surface area contributed by atoms with Crippen LogP contribution in [0, 0.1) is 0 Å². The zero-order valence-electron chi connectivity index (χ0n) is 16.9. The van der Waals surface area contributed by atoms with E-state index in [9.17, 15) is 14.4 Å². The number of nitrogens with one attached hydrogen (secondary N) is 2. The number of carbonyl (C=O) groups excluding carboxylic acids is 3. The van der Waals surface area contributed by atoms with Crippen molar-refractivity contribution in [2.45, 2.75) is 38.3 Å². The van der Waals surface area contributed by atoms with Crippen LogP contribution in [0.25, 0.3) is 11.0 Å². The van der Waals surface area contributed by atoms with Crippen molar-refractivity contribution in [3.63, 3.8) is 0 Å². The molecule has 1 aliphatic carbocycles. The van der Waals surface area contributed by atoms with Gasteiger partial charge in [0.2, 0.25) is 0 Å². The standard InChI is InChI=1S/C22H23N5O4/c28-20(24-22(30)23-17-5-1-2-6-17)14-31-21(29)16-11-9-15(10-12-16)13-27-19-8-4-3-7-18(19)25-26-27/h3-4,7-12,17H,1-2,5-6,13-14H2,(H2,23,24,28,30). The Morgan fingerprint density at radius 2 is 1.77 bits per heavy atom. The van der Waals surface area contributed by atoms with Crippen molar-refractivity contribution in [1.29, 1.82) is 0 Å². The van der Waals surface area contributed by atoms with Crippen LogP contribution in [0.2, 0.25) is 0 Å². The summed E-state index contributed by atoms with van der Waals surface area (Å²) in [5, 5.41) is 13.2. The van der Waals surface area contributed by atoms with Crippen LogP contribution in [0.4, 0.5) is 4.79 Å². The summed E-state index contributed by atoms with van der Waals surface area (Å²) in [5.41, 5.74) is 3.00. The lowest BCUT2D eigenvalue weighted by Crippen LogP contribution is -2.44. The third kappa shape index (κ3) is 5.25. The Kier molecular flexibility index (Phi) is 6.21. The molecule has 1 aromatic heterocycles. The number of benzene rings is 2. The lowest BCUT2D eigenvalue weighted by Gasteiger charge is -2.12. The second-order valence-corrected chi connectivity index (χ2v) is 7.51. The van der Waals surface area contributed by atoms with Gasteiger partial charge in [-0.3, -0.25) is 10.1 Å². The molecule has 1 heterocycles. The van der Waals surface area contributed by atoms with Gasteiger partial charge < -0.3 is 10.1 Å². The molecule has 4 rings (SSSR count). The summed E-state index contributed by atoms with van der Waals surface area (Å²) in [6.45, 7) is -0.0159. The number of para-hydroxylation sites is 1. The van der Waals surface area contributed by atoms with E-state index in [2.05, 4.69) is 20.9 Å². The quantitative estimate of drug-likeness (QED) is 0.591. The molecule has 1 aliphatic rings. The van der Waals surface area contributed by atoms with Gasteiger partial charge in [-0.1, -0.05) is 42.3 Å². The first-order valence-corrected chi connectivity index (χ1v) is 10.2. The lowest BCUT2D eigenvalue weighted by atomic mass is 10.1. The zero-order chi connectivity index (χ0) is 21.6. The number of rotatable bonds is 6. The van der Waals surface area contributed by atoms with Crippen LogP contribution in [0.3, 0.4) is 0 Å². The highest BCUT2D eigenvalue weighted by Crippen LogP contribution is 2.17. The molecule has 1 saturated carbocycles. The van der Waals surface area contributed by atoms with E-state index >= 15 is 0 Å². The molecule has 0 unspecified atom stereocenters. The van der Waals surface area contributed by atoms with E-state index in [0.29, 0.717) is 12.1 Å². The maximum absolute atomic E-state index is 12.2. The number of hydrogen-bond acceptors (Lipinski definition) is 6.